The molecule has 0 aliphatic carbocycles. The molecule has 3 nitrogen and oxygen atoms in total. The van der Waals surface area contributed by atoms with Crippen molar-refractivity contribution in [3.05, 3.63) is 30.6 Å². The Morgan fingerprint density at radius 2 is 1.95 bits per heavy atom. The smallest absolute Gasteiger partial charge is 0.0958 e. The van der Waals surface area contributed by atoms with E-state index in [0.717, 1.165) is 18.0 Å². The monoisotopic (exact) mass is 259 g/mol. The van der Waals surface area contributed by atoms with Gasteiger partial charge in [0.2, 0.25) is 0 Å². The Morgan fingerprint density at radius 3 is 2.63 bits per heavy atom. The molecule has 1 heterocycles. The Labute approximate surface area is 116 Å². The van der Waals surface area contributed by atoms with E-state index in [9.17, 15) is 0 Å². The summed E-state index contributed by atoms with van der Waals surface area (Å²) in [6, 6.07) is 8.85. The second-order valence-corrected chi connectivity index (χ2v) is 5.29. The van der Waals surface area contributed by atoms with Gasteiger partial charge in [0, 0.05) is 12.6 Å². The highest BCUT2D eigenvalue weighted by molar-refractivity contribution is 5.74. The highest BCUT2D eigenvalue weighted by Crippen LogP contribution is 2.18. The largest absolute Gasteiger partial charge is 0.329 e. The molecule has 1 aromatic heterocycles. The van der Waals surface area contributed by atoms with Gasteiger partial charge >= 0.3 is 0 Å². The van der Waals surface area contributed by atoms with E-state index in [1.807, 2.05) is 12.4 Å². The molecule has 2 aromatic rings. The van der Waals surface area contributed by atoms with Crippen LogP contribution in [0.5, 0.6) is 0 Å². The summed E-state index contributed by atoms with van der Waals surface area (Å²) in [6.07, 6.45) is 5.72. The van der Waals surface area contributed by atoms with Crippen LogP contribution in [0.25, 0.3) is 11.0 Å². The van der Waals surface area contributed by atoms with E-state index in [1.54, 1.807) is 0 Å². The second-order valence-electron chi connectivity index (χ2n) is 5.29. The van der Waals surface area contributed by atoms with Gasteiger partial charge in [-0.25, -0.2) is 4.98 Å². The van der Waals surface area contributed by atoms with Crippen LogP contribution in [0.2, 0.25) is 0 Å². The first-order chi connectivity index (χ1) is 9.28. The normalized spacial score (nSPS) is 13.3. The van der Waals surface area contributed by atoms with Gasteiger partial charge in [-0.2, -0.15) is 0 Å². The summed E-state index contributed by atoms with van der Waals surface area (Å²) in [4.78, 5) is 4.46. The number of hydrogen-bond donors (Lipinski definition) is 1. The Morgan fingerprint density at radius 1 is 1.21 bits per heavy atom. The van der Waals surface area contributed by atoms with E-state index in [-0.39, 0.29) is 0 Å². The van der Waals surface area contributed by atoms with E-state index >= 15 is 0 Å². The van der Waals surface area contributed by atoms with Gasteiger partial charge in [0.15, 0.2) is 0 Å². The van der Waals surface area contributed by atoms with Crippen molar-refractivity contribution in [1.29, 1.82) is 0 Å². The molecule has 0 aliphatic heterocycles. The lowest BCUT2D eigenvalue weighted by molar-refractivity contribution is 0.353. The van der Waals surface area contributed by atoms with Crippen LogP contribution in [0.4, 0.5) is 0 Å². The van der Waals surface area contributed by atoms with Gasteiger partial charge in [-0.15, -0.1) is 0 Å². The molecule has 104 valence electrons. The lowest BCUT2D eigenvalue weighted by atomic mass is 9.95. The van der Waals surface area contributed by atoms with E-state index in [1.165, 1.54) is 24.8 Å². The summed E-state index contributed by atoms with van der Waals surface area (Å²) in [5, 5.41) is 3.46. The van der Waals surface area contributed by atoms with Crippen LogP contribution in [-0.2, 0) is 6.54 Å². The zero-order chi connectivity index (χ0) is 13.7. The molecular formula is C16H25N3. The maximum Gasteiger partial charge on any atom is 0.0958 e. The van der Waals surface area contributed by atoms with E-state index < -0.39 is 0 Å². The van der Waals surface area contributed by atoms with Crippen molar-refractivity contribution in [2.24, 2.45) is 5.92 Å². The Hall–Kier alpha value is -1.35. The molecule has 0 saturated heterocycles. The zero-order valence-electron chi connectivity index (χ0n) is 12.3. The van der Waals surface area contributed by atoms with E-state index in [0.29, 0.717) is 6.04 Å². The molecule has 0 amide bonds. The summed E-state index contributed by atoms with van der Waals surface area (Å²) < 4.78 is 2.26. The molecule has 1 aromatic carbocycles. The summed E-state index contributed by atoms with van der Waals surface area (Å²) in [6.45, 7) is 5.56. The molecule has 1 N–H and O–H groups in total. The summed E-state index contributed by atoms with van der Waals surface area (Å²) in [5.41, 5.74) is 2.31. The fourth-order valence-electron chi connectivity index (χ4n) is 2.70. The van der Waals surface area contributed by atoms with Crippen LogP contribution in [-0.4, -0.2) is 22.6 Å². The van der Waals surface area contributed by atoms with Crippen molar-refractivity contribution in [2.75, 3.05) is 7.05 Å². The van der Waals surface area contributed by atoms with Gasteiger partial charge in [0.05, 0.1) is 17.4 Å². The van der Waals surface area contributed by atoms with Crippen LogP contribution < -0.4 is 5.32 Å². The molecule has 0 bridgehead atoms. The van der Waals surface area contributed by atoms with Crippen molar-refractivity contribution in [3.8, 4) is 0 Å². The Balaban J connectivity index is 2.09. The number of nitrogens with zero attached hydrogens (tertiary/aromatic N) is 2. The van der Waals surface area contributed by atoms with Gasteiger partial charge in [-0.3, -0.25) is 0 Å². The van der Waals surface area contributed by atoms with Crippen LogP contribution in [0.15, 0.2) is 30.6 Å². The van der Waals surface area contributed by atoms with Crippen LogP contribution >= 0.6 is 0 Å². The van der Waals surface area contributed by atoms with Gasteiger partial charge in [-0.05, 0) is 31.5 Å². The summed E-state index contributed by atoms with van der Waals surface area (Å²) in [7, 11) is 2.06. The number of fused-ring (bicyclic) bond motifs is 1. The maximum atomic E-state index is 4.46. The summed E-state index contributed by atoms with van der Waals surface area (Å²) in [5.74, 6) is 0.812. The topological polar surface area (TPSA) is 29.9 Å². The predicted molar refractivity (Wildman–Crippen MR) is 81.3 cm³/mol. The molecule has 1 atom stereocenters. The van der Waals surface area contributed by atoms with Gasteiger partial charge in [0.1, 0.15) is 0 Å². The van der Waals surface area contributed by atoms with Crippen LogP contribution in [0.3, 0.4) is 0 Å². The van der Waals surface area contributed by atoms with Crippen molar-refractivity contribution in [2.45, 2.75) is 45.7 Å². The molecule has 1 unspecified atom stereocenters. The molecule has 0 fully saturated rings. The first-order valence-electron chi connectivity index (χ1n) is 7.35. The standard InChI is InChI=1S/C16H25N3/c1-4-13(5-2)10-14(17-3)11-19-12-18-15-8-6-7-9-16(15)19/h6-9,12-14,17H,4-5,10-11H2,1-3H3. The minimum Gasteiger partial charge on any atom is -0.329 e. The minimum absolute atomic E-state index is 0.516. The van der Waals surface area contributed by atoms with Gasteiger partial charge in [-0.1, -0.05) is 38.8 Å². The highest BCUT2D eigenvalue weighted by Gasteiger charge is 2.14. The van der Waals surface area contributed by atoms with Gasteiger partial charge < -0.3 is 9.88 Å². The van der Waals surface area contributed by atoms with Crippen molar-refractivity contribution < 1.29 is 0 Å². The molecule has 2 rings (SSSR count). The predicted octanol–water partition coefficient (Wildman–Crippen LogP) is 3.45. The summed E-state index contributed by atoms with van der Waals surface area (Å²) >= 11 is 0. The molecule has 19 heavy (non-hydrogen) atoms. The molecule has 0 radical (unpaired) electrons. The second kappa shape index (κ2) is 6.71. The van der Waals surface area contributed by atoms with Crippen LogP contribution in [0.1, 0.15) is 33.1 Å². The number of rotatable bonds is 7. The molecule has 0 saturated carbocycles. The van der Waals surface area contributed by atoms with Crippen molar-refractivity contribution in [1.82, 2.24) is 14.9 Å². The fraction of sp³-hybridized carbons (Fsp3) is 0.562. The SMILES string of the molecule is CCC(CC)CC(Cn1cnc2ccccc21)NC. The lowest BCUT2D eigenvalue weighted by Crippen LogP contribution is -2.32. The third-order valence-electron chi connectivity index (χ3n) is 4.13. The third-order valence-corrected chi connectivity index (χ3v) is 4.13. The number of aromatic nitrogens is 2. The third kappa shape index (κ3) is 3.35. The first-order valence-corrected chi connectivity index (χ1v) is 7.35. The van der Waals surface area contributed by atoms with E-state index in [4.69, 9.17) is 0 Å². The quantitative estimate of drug-likeness (QED) is 0.825. The number of hydrogen-bond acceptors (Lipinski definition) is 2. The van der Waals surface area contributed by atoms with E-state index in [2.05, 4.69) is 54.0 Å². The number of para-hydroxylation sites is 2. The molecule has 0 spiro atoms. The average Bonchev–Trinajstić information content (AvgIpc) is 2.86. The van der Waals surface area contributed by atoms with Crippen molar-refractivity contribution in [3.63, 3.8) is 0 Å². The lowest BCUT2D eigenvalue weighted by Gasteiger charge is -2.22. The molecule has 3 heteroatoms. The molecular weight excluding hydrogens is 234 g/mol. The Bertz CT molecular complexity index is 499. The number of benzene rings is 1. The average molecular weight is 259 g/mol. The number of nitrogens with one attached hydrogen (secondary N) is 1. The first kappa shape index (κ1) is 14.1. The van der Waals surface area contributed by atoms with Gasteiger partial charge in [0.25, 0.3) is 0 Å². The Kier molecular flexibility index (Phi) is 4.97. The zero-order valence-corrected chi connectivity index (χ0v) is 12.3. The highest BCUT2D eigenvalue weighted by atomic mass is 15.1. The minimum atomic E-state index is 0.516. The van der Waals surface area contributed by atoms with Crippen molar-refractivity contribution >= 4 is 11.0 Å². The maximum absolute atomic E-state index is 4.46. The number of likely N-dealkylation sites (N-methyl/N-ethyl adjacent to an activating group) is 1. The number of imidazole rings is 1. The van der Waals surface area contributed by atoms with Crippen LogP contribution in [0, 0.1) is 5.92 Å². The fourth-order valence-corrected chi connectivity index (χ4v) is 2.70. The molecule has 0 aliphatic rings.